The first-order chi connectivity index (χ1) is 18.6. The first-order valence-corrected chi connectivity index (χ1v) is 13.7. The van der Waals surface area contributed by atoms with E-state index in [2.05, 4.69) is 57.5 Å². The molecule has 0 unspecified atom stereocenters. The summed E-state index contributed by atoms with van der Waals surface area (Å²) in [4.78, 5) is 37.6. The van der Waals surface area contributed by atoms with E-state index in [4.69, 9.17) is 0 Å². The van der Waals surface area contributed by atoms with Gasteiger partial charge in [-0.2, -0.15) is 0 Å². The second kappa shape index (κ2) is 10.4. The molecule has 1 fully saturated rings. The van der Waals surface area contributed by atoms with Crippen molar-refractivity contribution in [2.45, 2.75) is 12.6 Å². The van der Waals surface area contributed by atoms with Crippen LogP contribution in [0.2, 0.25) is 0 Å². The summed E-state index contributed by atoms with van der Waals surface area (Å²) in [7, 11) is 2.16. The summed E-state index contributed by atoms with van der Waals surface area (Å²) < 4.78 is 0. The quantitative estimate of drug-likeness (QED) is 0.390. The molecule has 2 aliphatic rings. The molecule has 1 N–H and O–H groups in total. The molecule has 192 valence electrons. The largest absolute Gasteiger partial charge is 0.369 e. The number of benzene rings is 3. The third-order valence-corrected chi connectivity index (χ3v) is 8.03. The molecule has 2 aliphatic heterocycles. The zero-order valence-corrected chi connectivity index (χ0v) is 22.0. The van der Waals surface area contributed by atoms with Crippen molar-refractivity contribution in [3.63, 3.8) is 0 Å². The first kappa shape index (κ1) is 24.3. The highest BCUT2D eigenvalue weighted by molar-refractivity contribution is 7.13. The van der Waals surface area contributed by atoms with E-state index >= 15 is 0 Å². The SMILES string of the molecule is CN1CCN(c2ccc(-c3ccc4c(c3)CN([C@H](C(=O)Nc3nccs3)c3ccccc3)C4=O)cc2)CC1. The highest BCUT2D eigenvalue weighted by Crippen LogP contribution is 2.35. The summed E-state index contributed by atoms with van der Waals surface area (Å²) in [6.07, 6.45) is 1.65. The van der Waals surface area contributed by atoms with Gasteiger partial charge < -0.3 is 14.7 Å². The van der Waals surface area contributed by atoms with Gasteiger partial charge in [0.15, 0.2) is 5.13 Å². The summed E-state index contributed by atoms with van der Waals surface area (Å²) in [5.41, 5.74) is 5.75. The van der Waals surface area contributed by atoms with Gasteiger partial charge in [-0.3, -0.25) is 14.9 Å². The molecule has 1 saturated heterocycles. The number of thiazole rings is 1. The molecule has 2 amide bonds. The molecule has 0 radical (unpaired) electrons. The number of nitrogens with one attached hydrogen (secondary N) is 1. The molecule has 7 nitrogen and oxygen atoms in total. The summed E-state index contributed by atoms with van der Waals surface area (Å²) in [5.74, 6) is -0.410. The van der Waals surface area contributed by atoms with Crippen LogP contribution in [-0.4, -0.2) is 59.8 Å². The smallest absolute Gasteiger partial charge is 0.255 e. The topological polar surface area (TPSA) is 68.8 Å². The average molecular weight is 524 g/mol. The van der Waals surface area contributed by atoms with Crippen molar-refractivity contribution < 1.29 is 9.59 Å². The maximum atomic E-state index is 13.5. The van der Waals surface area contributed by atoms with Crippen molar-refractivity contribution in [1.82, 2.24) is 14.8 Å². The van der Waals surface area contributed by atoms with Crippen LogP contribution in [0, 0.1) is 0 Å². The van der Waals surface area contributed by atoms with E-state index in [1.54, 1.807) is 11.1 Å². The molecule has 1 aromatic heterocycles. The van der Waals surface area contributed by atoms with Crippen LogP contribution < -0.4 is 10.2 Å². The lowest BCUT2D eigenvalue weighted by atomic mass is 10.00. The predicted molar refractivity (Wildman–Crippen MR) is 151 cm³/mol. The predicted octanol–water partition coefficient (Wildman–Crippen LogP) is 4.90. The molecule has 38 heavy (non-hydrogen) atoms. The van der Waals surface area contributed by atoms with Gasteiger partial charge in [-0.05, 0) is 53.6 Å². The zero-order valence-electron chi connectivity index (χ0n) is 21.2. The Morgan fingerprint density at radius 1 is 0.947 bits per heavy atom. The Hall–Kier alpha value is -4.01. The van der Waals surface area contributed by atoms with Crippen LogP contribution >= 0.6 is 11.3 Å². The second-order valence-electron chi connectivity index (χ2n) is 9.78. The van der Waals surface area contributed by atoms with E-state index in [0.29, 0.717) is 17.2 Å². The minimum absolute atomic E-state index is 0.139. The van der Waals surface area contributed by atoms with Crippen molar-refractivity contribution >= 4 is 34.0 Å². The molecule has 1 atom stereocenters. The molecule has 0 aliphatic carbocycles. The molecule has 4 aromatic rings. The molecule has 3 heterocycles. The summed E-state index contributed by atoms with van der Waals surface area (Å²) >= 11 is 1.35. The van der Waals surface area contributed by atoms with Crippen molar-refractivity contribution in [3.8, 4) is 11.1 Å². The molecule has 3 aromatic carbocycles. The fraction of sp³-hybridized carbons (Fsp3) is 0.233. The second-order valence-corrected chi connectivity index (χ2v) is 10.7. The molecular formula is C30H29N5O2S. The first-order valence-electron chi connectivity index (χ1n) is 12.8. The summed E-state index contributed by atoms with van der Waals surface area (Å²) in [6.45, 7) is 4.58. The summed E-state index contributed by atoms with van der Waals surface area (Å²) in [6, 6.07) is 23.3. The third kappa shape index (κ3) is 4.80. The summed E-state index contributed by atoms with van der Waals surface area (Å²) in [5, 5.41) is 5.21. The van der Waals surface area contributed by atoms with Crippen LogP contribution in [-0.2, 0) is 11.3 Å². The van der Waals surface area contributed by atoms with Gasteiger partial charge in [0, 0.05) is 55.6 Å². The maximum absolute atomic E-state index is 13.5. The van der Waals surface area contributed by atoms with E-state index in [1.807, 2.05) is 47.8 Å². The Morgan fingerprint density at radius 3 is 2.39 bits per heavy atom. The number of carbonyl (C=O) groups is 2. The lowest BCUT2D eigenvalue weighted by molar-refractivity contribution is -0.120. The van der Waals surface area contributed by atoms with Gasteiger partial charge in [-0.15, -0.1) is 11.3 Å². The Morgan fingerprint density at radius 2 is 1.68 bits per heavy atom. The number of hydrogen-bond donors (Lipinski definition) is 1. The van der Waals surface area contributed by atoms with Gasteiger partial charge in [0.25, 0.3) is 11.8 Å². The maximum Gasteiger partial charge on any atom is 0.255 e. The van der Waals surface area contributed by atoms with Crippen LogP contribution in [0.25, 0.3) is 11.1 Å². The van der Waals surface area contributed by atoms with Crippen LogP contribution in [0.1, 0.15) is 27.5 Å². The molecule has 0 saturated carbocycles. The van der Waals surface area contributed by atoms with E-state index in [9.17, 15) is 9.59 Å². The van der Waals surface area contributed by atoms with Gasteiger partial charge in [0.2, 0.25) is 0 Å². The Bertz CT molecular complexity index is 1430. The standard InChI is InChI=1S/C30H29N5O2S/c1-33-14-16-34(17-15-33)25-10-7-21(8-11-25)23-9-12-26-24(19-23)20-35(29(26)37)27(22-5-3-2-4-6-22)28(36)32-30-31-13-18-38-30/h2-13,18-19,27H,14-17,20H2,1H3,(H,31,32,36)/t27-/m0/s1. The Labute approximate surface area is 226 Å². The Balaban J connectivity index is 1.24. The highest BCUT2D eigenvalue weighted by Gasteiger charge is 2.37. The van der Waals surface area contributed by atoms with E-state index in [-0.39, 0.29) is 11.8 Å². The van der Waals surface area contributed by atoms with E-state index in [1.165, 1.54) is 17.0 Å². The fourth-order valence-electron chi connectivity index (χ4n) is 5.23. The third-order valence-electron chi connectivity index (χ3n) is 7.34. The molecule has 6 rings (SSSR count). The molecule has 8 heteroatoms. The van der Waals surface area contributed by atoms with Gasteiger partial charge >= 0.3 is 0 Å². The van der Waals surface area contributed by atoms with Crippen molar-refractivity contribution in [3.05, 3.63) is 101 Å². The number of carbonyl (C=O) groups excluding carboxylic acids is 2. The number of amides is 2. The van der Waals surface area contributed by atoms with Crippen molar-refractivity contribution in [1.29, 1.82) is 0 Å². The fourth-order valence-corrected chi connectivity index (χ4v) is 5.76. The number of rotatable bonds is 6. The number of likely N-dealkylation sites (N-methyl/N-ethyl adjacent to an activating group) is 1. The van der Waals surface area contributed by atoms with Crippen LogP contribution in [0.3, 0.4) is 0 Å². The number of hydrogen-bond acceptors (Lipinski definition) is 6. The number of piperazine rings is 1. The van der Waals surface area contributed by atoms with E-state index in [0.717, 1.165) is 48.4 Å². The van der Waals surface area contributed by atoms with Gasteiger partial charge in [0.05, 0.1) is 0 Å². The number of anilines is 2. The van der Waals surface area contributed by atoms with Crippen LogP contribution in [0.15, 0.2) is 84.4 Å². The normalized spacial score (nSPS) is 16.4. The number of fused-ring (bicyclic) bond motifs is 1. The average Bonchev–Trinajstić information content (AvgIpc) is 3.57. The zero-order chi connectivity index (χ0) is 26.1. The van der Waals surface area contributed by atoms with Crippen molar-refractivity contribution in [2.24, 2.45) is 0 Å². The molecule has 0 bridgehead atoms. The molecular weight excluding hydrogens is 494 g/mol. The van der Waals surface area contributed by atoms with Crippen LogP contribution in [0.4, 0.5) is 10.8 Å². The van der Waals surface area contributed by atoms with Crippen LogP contribution in [0.5, 0.6) is 0 Å². The highest BCUT2D eigenvalue weighted by atomic mass is 32.1. The van der Waals surface area contributed by atoms with E-state index < -0.39 is 6.04 Å². The lowest BCUT2D eigenvalue weighted by Crippen LogP contribution is -2.44. The lowest BCUT2D eigenvalue weighted by Gasteiger charge is -2.34. The number of aromatic nitrogens is 1. The van der Waals surface area contributed by atoms with Gasteiger partial charge in [-0.25, -0.2) is 4.98 Å². The van der Waals surface area contributed by atoms with Gasteiger partial charge in [-0.1, -0.05) is 48.5 Å². The monoisotopic (exact) mass is 523 g/mol. The Kier molecular flexibility index (Phi) is 6.66. The van der Waals surface area contributed by atoms with Gasteiger partial charge in [0.1, 0.15) is 6.04 Å². The molecule has 0 spiro atoms. The number of nitrogens with zero attached hydrogens (tertiary/aromatic N) is 4. The minimum atomic E-state index is -0.758. The van der Waals surface area contributed by atoms with Crippen molar-refractivity contribution in [2.75, 3.05) is 43.4 Å². The minimum Gasteiger partial charge on any atom is -0.369 e.